The number of amides is 1. The zero-order chi connectivity index (χ0) is 18.7. The number of halogens is 2. The van der Waals surface area contributed by atoms with E-state index in [-0.39, 0.29) is 22.8 Å². The molecule has 0 unspecified atom stereocenters. The Morgan fingerprint density at radius 3 is 2.77 bits per heavy atom. The van der Waals surface area contributed by atoms with E-state index < -0.39 is 12.5 Å². The largest absolute Gasteiger partial charge is 0.435 e. The Bertz CT molecular complexity index is 972. The second-order valence-corrected chi connectivity index (χ2v) is 5.17. The van der Waals surface area contributed by atoms with Crippen LogP contribution in [0.5, 0.6) is 5.75 Å². The number of aryl methyl sites for hydroxylation is 1. The molecule has 1 aromatic carbocycles. The molecule has 2 heterocycles. The quantitative estimate of drug-likeness (QED) is 0.728. The van der Waals surface area contributed by atoms with Gasteiger partial charge in [-0.15, -0.1) is 0 Å². The number of alkyl halides is 2. The SMILES string of the molecule is Cn1ncc(C#N)c1NC(=O)c1cc(-c2ccc(OC(F)F)cc2)n[nH]1. The van der Waals surface area contributed by atoms with Gasteiger partial charge >= 0.3 is 6.61 Å². The number of ether oxygens (including phenoxy) is 1. The molecule has 0 spiro atoms. The number of aromatic nitrogens is 4. The predicted octanol–water partition coefficient (Wildman–Crippen LogP) is 2.54. The van der Waals surface area contributed by atoms with Gasteiger partial charge < -0.3 is 10.1 Å². The zero-order valence-corrected chi connectivity index (χ0v) is 13.4. The number of nitrogens with zero attached hydrogens (tertiary/aromatic N) is 4. The van der Waals surface area contributed by atoms with Crippen molar-refractivity contribution in [3.8, 4) is 23.1 Å². The smallest absolute Gasteiger partial charge is 0.387 e. The van der Waals surface area contributed by atoms with Crippen molar-refractivity contribution in [2.45, 2.75) is 6.61 Å². The summed E-state index contributed by atoms with van der Waals surface area (Å²) in [6.45, 7) is -2.90. The number of nitriles is 1. The standard InChI is InChI=1S/C16H12F2N6O2/c1-24-14(10(7-19)8-20-24)21-15(25)13-6-12(22-23-13)9-2-4-11(5-3-9)26-16(17)18/h2-6,8,16H,1H3,(H,21,25)(H,22,23). The Hall–Kier alpha value is -3.74. The number of carbonyl (C=O) groups is 1. The van der Waals surface area contributed by atoms with E-state index in [2.05, 4.69) is 25.3 Å². The van der Waals surface area contributed by atoms with Gasteiger partial charge in [0.15, 0.2) is 0 Å². The molecule has 132 valence electrons. The van der Waals surface area contributed by atoms with Gasteiger partial charge in [-0.3, -0.25) is 14.6 Å². The van der Waals surface area contributed by atoms with Crippen LogP contribution < -0.4 is 10.1 Å². The maximum Gasteiger partial charge on any atom is 0.387 e. The van der Waals surface area contributed by atoms with E-state index in [0.717, 1.165) is 0 Å². The van der Waals surface area contributed by atoms with E-state index in [1.165, 1.54) is 29.1 Å². The Balaban J connectivity index is 1.76. The molecular formula is C16H12F2N6O2. The fourth-order valence-corrected chi connectivity index (χ4v) is 2.24. The normalized spacial score (nSPS) is 10.6. The van der Waals surface area contributed by atoms with Crippen molar-refractivity contribution in [3.05, 3.63) is 47.8 Å². The highest BCUT2D eigenvalue weighted by atomic mass is 19.3. The summed E-state index contributed by atoms with van der Waals surface area (Å²) in [4.78, 5) is 12.3. The predicted molar refractivity (Wildman–Crippen MR) is 86.5 cm³/mol. The van der Waals surface area contributed by atoms with Crippen LogP contribution in [-0.4, -0.2) is 32.5 Å². The van der Waals surface area contributed by atoms with Gasteiger partial charge in [-0.05, 0) is 30.3 Å². The maximum absolute atomic E-state index is 12.3. The van der Waals surface area contributed by atoms with E-state index in [1.807, 2.05) is 6.07 Å². The second kappa shape index (κ2) is 7.02. The topological polar surface area (TPSA) is 109 Å². The number of carbonyl (C=O) groups excluding carboxylic acids is 1. The second-order valence-electron chi connectivity index (χ2n) is 5.17. The van der Waals surface area contributed by atoms with Gasteiger partial charge in [-0.25, -0.2) is 0 Å². The summed E-state index contributed by atoms with van der Waals surface area (Å²) in [5.74, 6) is -0.207. The molecule has 0 saturated carbocycles. The summed E-state index contributed by atoms with van der Waals surface area (Å²) in [5.41, 5.74) is 1.46. The first kappa shape index (κ1) is 17.1. The van der Waals surface area contributed by atoms with Gasteiger partial charge in [-0.1, -0.05) is 0 Å². The molecule has 0 fully saturated rings. The monoisotopic (exact) mass is 358 g/mol. The molecule has 26 heavy (non-hydrogen) atoms. The third-order valence-electron chi connectivity index (χ3n) is 3.49. The molecule has 0 atom stereocenters. The highest BCUT2D eigenvalue weighted by Crippen LogP contribution is 2.23. The van der Waals surface area contributed by atoms with Gasteiger partial charge in [-0.2, -0.15) is 24.2 Å². The third kappa shape index (κ3) is 3.51. The Morgan fingerprint density at radius 2 is 2.12 bits per heavy atom. The lowest BCUT2D eigenvalue weighted by atomic mass is 10.1. The van der Waals surface area contributed by atoms with E-state index in [1.54, 1.807) is 19.2 Å². The summed E-state index contributed by atoms with van der Waals surface area (Å²) < 4.78 is 30.0. The van der Waals surface area contributed by atoms with E-state index in [9.17, 15) is 13.6 Å². The number of hydrogen-bond donors (Lipinski definition) is 2. The van der Waals surface area contributed by atoms with Gasteiger partial charge in [0.1, 0.15) is 28.9 Å². The lowest BCUT2D eigenvalue weighted by Gasteiger charge is -2.04. The minimum absolute atomic E-state index is 0.0255. The van der Waals surface area contributed by atoms with Crippen LogP contribution in [0, 0.1) is 11.3 Å². The summed E-state index contributed by atoms with van der Waals surface area (Å²) in [6, 6.07) is 9.29. The number of H-pyrrole nitrogens is 1. The summed E-state index contributed by atoms with van der Waals surface area (Å²) >= 11 is 0. The number of hydrogen-bond acceptors (Lipinski definition) is 5. The average Bonchev–Trinajstić information content (AvgIpc) is 3.23. The van der Waals surface area contributed by atoms with Crippen LogP contribution >= 0.6 is 0 Å². The van der Waals surface area contributed by atoms with E-state index >= 15 is 0 Å². The molecule has 2 aromatic heterocycles. The van der Waals surface area contributed by atoms with E-state index in [0.29, 0.717) is 11.3 Å². The van der Waals surface area contributed by atoms with Crippen LogP contribution in [0.3, 0.4) is 0 Å². The number of nitrogens with one attached hydrogen (secondary N) is 2. The van der Waals surface area contributed by atoms with Gasteiger partial charge in [0.2, 0.25) is 0 Å². The molecule has 2 N–H and O–H groups in total. The molecule has 0 aliphatic carbocycles. The summed E-state index contributed by atoms with van der Waals surface area (Å²) in [7, 11) is 1.60. The molecule has 8 nitrogen and oxygen atoms in total. The van der Waals surface area contributed by atoms with Crippen molar-refractivity contribution in [2.24, 2.45) is 7.05 Å². The zero-order valence-electron chi connectivity index (χ0n) is 13.4. The lowest BCUT2D eigenvalue weighted by molar-refractivity contribution is -0.0498. The Morgan fingerprint density at radius 1 is 1.38 bits per heavy atom. The van der Waals surface area contributed by atoms with Gasteiger partial charge in [0.25, 0.3) is 5.91 Å². The van der Waals surface area contributed by atoms with Crippen molar-refractivity contribution in [1.29, 1.82) is 5.26 Å². The first-order valence-electron chi connectivity index (χ1n) is 7.32. The molecule has 3 aromatic rings. The molecule has 10 heteroatoms. The fraction of sp³-hybridized carbons (Fsp3) is 0.125. The molecule has 0 radical (unpaired) electrons. The van der Waals surface area contributed by atoms with Crippen molar-refractivity contribution >= 4 is 11.7 Å². The molecule has 0 saturated heterocycles. The lowest BCUT2D eigenvalue weighted by Crippen LogP contribution is -2.15. The number of rotatable bonds is 5. The van der Waals surface area contributed by atoms with E-state index in [4.69, 9.17) is 5.26 Å². The van der Waals surface area contributed by atoms with Crippen LogP contribution in [-0.2, 0) is 7.05 Å². The number of benzene rings is 1. The Kier molecular flexibility index (Phi) is 4.62. The van der Waals surface area contributed by atoms with Crippen LogP contribution in [0.15, 0.2) is 36.5 Å². The maximum atomic E-state index is 12.3. The summed E-state index contributed by atoms with van der Waals surface area (Å²) in [6.07, 6.45) is 1.34. The van der Waals surface area contributed by atoms with Crippen molar-refractivity contribution in [1.82, 2.24) is 20.0 Å². The summed E-state index contributed by atoms with van der Waals surface area (Å²) in [5, 5.41) is 22.1. The highest BCUT2D eigenvalue weighted by molar-refractivity contribution is 6.03. The van der Waals surface area contributed by atoms with Crippen LogP contribution in [0.1, 0.15) is 16.1 Å². The van der Waals surface area contributed by atoms with Crippen LogP contribution in [0.2, 0.25) is 0 Å². The molecule has 0 bridgehead atoms. The number of anilines is 1. The Labute approximate surface area is 146 Å². The number of aromatic amines is 1. The van der Waals surface area contributed by atoms with Crippen molar-refractivity contribution < 1.29 is 18.3 Å². The van der Waals surface area contributed by atoms with Crippen LogP contribution in [0.25, 0.3) is 11.3 Å². The molecule has 1 amide bonds. The molecule has 3 rings (SSSR count). The van der Waals surface area contributed by atoms with Gasteiger partial charge in [0, 0.05) is 12.6 Å². The average molecular weight is 358 g/mol. The minimum atomic E-state index is -2.90. The first-order chi connectivity index (χ1) is 12.5. The molecular weight excluding hydrogens is 346 g/mol. The van der Waals surface area contributed by atoms with Crippen LogP contribution in [0.4, 0.5) is 14.6 Å². The van der Waals surface area contributed by atoms with Crippen molar-refractivity contribution in [2.75, 3.05) is 5.32 Å². The first-order valence-corrected chi connectivity index (χ1v) is 7.32. The fourth-order valence-electron chi connectivity index (χ4n) is 2.24. The van der Waals surface area contributed by atoms with Gasteiger partial charge in [0.05, 0.1) is 11.9 Å². The molecule has 0 aliphatic heterocycles. The third-order valence-corrected chi connectivity index (χ3v) is 3.49. The minimum Gasteiger partial charge on any atom is -0.435 e. The van der Waals surface area contributed by atoms with Crippen molar-refractivity contribution in [3.63, 3.8) is 0 Å². The molecule has 0 aliphatic rings. The highest BCUT2D eigenvalue weighted by Gasteiger charge is 2.16.